The maximum absolute atomic E-state index is 14.0. The maximum atomic E-state index is 14.0. The molecule has 0 aliphatic carbocycles. The van der Waals surface area contributed by atoms with Crippen LogP contribution in [0.4, 0.5) is 22.1 Å². The fraction of sp³-hybridized carbons (Fsp3) is 0.417. The fourth-order valence-corrected chi connectivity index (χ4v) is 5.62. The van der Waals surface area contributed by atoms with Crippen LogP contribution in [0.1, 0.15) is 47.8 Å². The van der Waals surface area contributed by atoms with E-state index in [1.54, 1.807) is 90.1 Å². The molecule has 1 N–H and O–H groups in total. The Balaban J connectivity index is 1.40. The average Bonchev–Trinajstić information content (AvgIpc) is 3.78. The van der Waals surface area contributed by atoms with Crippen LogP contribution >= 0.6 is 0 Å². The number of carbonyl (C=O) groups excluding carboxylic acids is 4. The van der Waals surface area contributed by atoms with Gasteiger partial charge in [-0.2, -0.15) is 9.97 Å². The average molecular weight is 701 g/mol. The first-order chi connectivity index (χ1) is 24.4. The molecule has 51 heavy (non-hydrogen) atoms. The zero-order valence-electron chi connectivity index (χ0n) is 29.1. The Kier molecular flexibility index (Phi) is 10.0. The molecule has 4 atom stereocenters. The molecule has 2 aliphatic heterocycles. The highest BCUT2D eigenvalue weighted by Gasteiger charge is 2.65. The first-order valence-electron chi connectivity index (χ1n) is 16.7. The smallest absolute Gasteiger partial charge is 0.425 e. The van der Waals surface area contributed by atoms with E-state index >= 15 is 0 Å². The fourth-order valence-electron chi connectivity index (χ4n) is 5.62. The van der Waals surface area contributed by atoms with Crippen molar-refractivity contribution in [2.75, 3.05) is 23.4 Å². The van der Waals surface area contributed by atoms with Crippen molar-refractivity contribution in [1.82, 2.24) is 19.5 Å². The normalized spacial score (nSPS) is 20.9. The van der Waals surface area contributed by atoms with Crippen LogP contribution in [0.3, 0.4) is 0 Å². The molecule has 2 saturated heterocycles. The number of imidazole rings is 1. The zero-order valence-corrected chi connectivity index (χ0v) is 29.1. The molecule has 0 spiro atoms. The molecule has 1 unspecified atom stereocenters. The number of benzene rings is 2. The summed E-state index contributed by atoms with van der Waals surface area (Å²) in [6, 6.07) is 17.9. The summed E-state index contributed by atoms with van der Waals surface area (Å²) in [7, 11) is 0. The van der Waals surface area contributed by atoms with Gasteiger partial charge in [-0.25, -0.2) is 14.7 Å². The van der Waals surface area contributed by atoms with Gasteiger partial charge in [0.05, 0.1) is 36.1 Å². The molecule has 0 saturated carbocycles. The van der Waals surface area contributed by atoms with E-state index in [1.807, 2.05) is 12.1 Å². The van der Waals surface area contributed by atoms with Crippen LogP contribution in [0.2, 0.25) is 0 Å². The second-order valence-corrected chi connectivity index (χ2v) is 13.3. The van der Waals surface area contributed by atoms with E-state index in [-0.39, 0.29) is 42.1 Å². The second kappa shape index (κ2) is 14.4. The number of nitrogens with one attached hydrogen (secondary N) is 1. The number of hydrogen-bond acceptors (Lipinski definition) is 12. The lowest BCUT2D eigenvalue weighted by Crippen LogP contribution is -2.48. The molecular weight excluding hydrogens is 660 g/mol. The Labute approximate surface area is 294 Å². The van der Waals surface area contributed by atoms with Gasteiger partial charge in [-0.05, 0) is 24.3 Å². The molecule has 4 heterocycles. The Morgan fingerprint density at radius 3 is 2.12 bits per heavy atom. The number of para-hydroxylation sites is 2. The lowest BCUT2D eigenvalue weighted by Gasteiger charge is -2.31. The molecule has 2 aromatic heterocycles. The van der Waals surface area contributed by atoms with Crippen LogP contribution in [0.5, 0.6) is 5.88 Å². The van der Waals surface area contributed by atoms with Crippen LogP contribution in [-0.2, 0) is 33.3 Å². The molecule has 2 fully saturated rings. The molecule has 15 nitrogen and oxygen atoms in total. The van der Waals surface area contributed by atoms with Gasteiger partial charge >= 0.3 is 18.0 Å². The van der Waals surface area contributed by atoms with Crippen molar-refractivity contribution < 1.29 is 42.9 Å². The Morgan fingerprint density at radius 1 is 0.902 bits per heavy atom. The van der Waals surface area contributed by atoms with Crippen LogP contribution in [0.15, 0.2) is 67.0 Å². The van der Waals surface area contributed by atoms with Crippen LogP contribution in [-0.4, -0.2) is 74.5 Å². The minimum atomic E-state index is -1.33. The SMILES string of the molecule is CC(C)C(=O)Nc1nc(OC(=O)N(c2ccccc2)c2ccccc2)c2ncn([C@@H]3O[C@@]4(COC(=O)C(C)C)CO[C@H]3C4OC(=O)C(C)C)c2n1. The van der Waals surface area contributed by atoms with Crippen molar-refractivity contribution in [3.63, 3.8) is 0 Å². The Morgan fingerprint density at radius 2 is 1.53 bits per heavy atom. The van der Waals surface area contributed by atoms with Crippen molar-refractivity contribution in [2.24, 2.45) is 17.8 Å². The predicted octanol–water partition coefficient (Wildman–Crippen LogP) is 5.19. The molecule has 0 radical (unpaired) electrons. The highest BCUT2D eigenvalue weighted by Crippen LogP contribution is 2.48. The molecule has 15 heteroatoms. The van der Waals surface area contributed by atoms with Gasteiger partial charge in [0.1, 0.15) is 12.7 Å². The van der Waals surface area contributed by atoms with Crippen molar-refractivity contribution in [3.8, 4) is 5.88 Å². The van der Waals surface area contributed by atoms with E-state index in [0.29, 0.717) is 11.4 Å². The Hall–Kier alpha value is -5.41. The predicted molar refractivity (Wildman–Crippen MR) is 183 cm³/mol. The first kappa shape index (κ1) is 35.4. The van der Waals surface area contributed by atoms with Crippen molar-refractivity contribution >= 4 is 52.4 Å². The summed E-state index contributed by atoms with van der Waals surface area (Å²) in [5.74, 6) is -2.95. The largest absolute Gasteiger partial charge is 0.462 e. The summed E-state index contributed by atoms with van der Waals surface area (Å²) in [5.41, 5.74) is -0.0486. The summed E-state index contributed by atoms with van der Waals surface area (Å²) in [6.45, 7) is 10.0. The summed E-state index contributed by atoms with van der Waals surface area (Å²) in [6.07, 6.45) is -2.18. The molecule has 2 aromatic carbocycles. The number of carbonyl (C=O) groups is 4. The minimum absolute atomic E-state index is 0.00936. The van der Waals surface area contributed by atoms with Gasteiger partial charge in [-0.1, -0.05) is 77.9 Å². The van der Waals surface area contributed by atoms with Gasteiger partial charge in [0.25, 0.3) is 5.88 Å². The molecule has 2 aliphatic rings. The van der Waals surface area contributed by atoms with E-state index in [2.05, 4.69) is 20.3 Å². The summed E-state index contributed by atoms with van der Waals surface area (Å²) in [4.78, 5) is 66.9. The lowest BCUT2D eigenvalue weighted by atomic mass is 9.99. The monoisotopic (exact) mass is 700 g/mol. The number of ether oxygens (including phenoxy) is 5. The van der Waals surface area contributed by atoms with Crippen molar-refractivity contribution in [1.29, 1.82) is 0 Å². The van der Waals surface area contributed by atoms with Gasteiger partial charge < -0.3 is 23.7 Å². The third-order valence-electron chi connectivity index (χ3n) is 8.44. The number of esters is 2. The van der Waals surface area contributed by atoms with E-state index in [1.165, 1.54) is 15.8 Å². The van der Waals surface area contributed by atoms with E-state index in [9.17, 15) is 19.2 Å². The third kappa shape index (κ3) is 7.12. The van der Waals surface area contributed by atoms with E-state index < -0.39 is 59.8 Å². The zero-order chi connectivity index (χ0) is 36.4. The topological polar surface area (TPSA) is 173 Å². The summed E-state index contributed by atoms with van der Waals surface area (Å²) >= 11 is 0. The first-order valence-corrected chi connectivity index (χ1v) is 16.7. The molecule has 2 bridgehead atoms. The van der Waals surface area contributed by atoms with Gasteiger partial charge in [0, 0.05) is 5.92 Å². The third-order valence-corrected chi connectivity index (χ3v) is 8.44. The molecule has 268 valence electrons. The number of fused-ring (bicyclic) bond motifs is 3. The highest BCUT2D eigenvalue weighted by atomic mass is 16.7. The van der Waals surface area contributed by atoms with Crippen LogP contribution in [0.25, 0.3) is 11.2 Å². The summed E-state index contributed by atoms with van der Waals surface area (Å²) < 4.78 is 31.6. The molecule has 6 rings (SSSR count). The van der Waals surface area contributed by atoms with Crippen LogP contribution < -0.4 is 15.0 Å². The van der Waals surface area contributed by atoms with Crippen LogP contribution in [0, 0.1) is 17.8 Å². The highest BCUT2D eigenvalue weighted by molar-refractivity contribution is 5.98. The maximum Gasteiger partial charge on any atom is 0.425 e. The number of rotatable bonds is 11. The van der Waals surface area contributed by atoms with Gasteiger partial charge in [-0.15, -0.1) is 0 Å². The van der Waals surface area contributed by atoms with Gasteiger partial charge in [-0.3, -0.25) is 24.3 Å². The second-order valence-electron chi connectivity index (χ2n) is 13.3. The molecule has 4 aromatic rings. The number of hydrogen-bond donors (Lipinski definition) is 1. The van der Waals surface area contributed by atoms with E-state index in [4.69, 9.17) is 23.7 Å². The molecular formula is C36H40N6O9. The molecule has 2 amide bonds. The number of aromatic nitrogens is 4. The lowest BCUT2D eigenvalue weighted by molar-refractivity contribution is -0.199. The van der Waals surface area contributed by atoms with Gasteiger partial charge in [0.2, 0.25) is 11.9 Å². The summed E-state index contributed by atoms with van der Waals surface area (Å²) in [5, 5.41) is 2.67. The van der Waals surface area contributed by atoms with E-state index in [0.717, 1.165) is 0 Å². The number of nitrogens with zero attached hydrogens (tertiary/aromatic N) is 5. The number of amides is 2. The van der Waals surface area contributed by atoms with Crippen molar-refractivity contribution in [2.45, 2.75) is 65.6 Å². The quantitative estimate of drug-likeness (QED) is 0.203. The Bertz CT molecular complexity index is 1880. The van der Waals surface area contributed by atoms with Crippen molar-refractivity contribution in [3.05, 3.63) is 67.0 Å². The standard InChI is InChI=1S/C36H40N6O9/c1-20(2)29(43)39-34-38-28-25(30(40-34)50-35(46)42(23-13-9-7-10-14-23)24-15-11-8-12-16-24)37-19-41(28)31-26-27(49-33(45)22(5)6)36(51-31,17-47-26)18-48-32(44)21(3)4/h7-16,19-22,26-27,31H,17-18H2,1-6H3,(H,38,39,40,43)/t26-,27?,31+,36+/m0/s1. The minimum Gasteiger partial charge on any atom is -0.462 e. The van der Waals surface area contributed by atoms with Gasteiger partial charge in [0.15, 0.2) is 29.1 Å². The number of anilines is 3.